The zero-order valence-corrected chi connectivity index (χ0v) is 10.6. The summed E-state index contributed by atoms with van der Waals surface area (Å²) in [6.07, 6.45) is 0. The Labute approximate surface area is 107 Å². The van der Waals surface area contributed by atoms with E-state index in [2.05, 4.69) is 4.98 Å². The summed E-state index contributed by atoms with van der Waals surface area (Å²) >= 11 is 26.5. The first-order valence-corrected chi connectivity index (χ1v) is 5.63. The van der Waals surface area contributed by atoms with Crippen molar-refractivity contribution in [2.75, 3.05) is 0 Å². The molecule has 1 nitrogen and oxygen atoms in total. The van der Waals surface area contributed by atoms with E-state index in [1.165, 1.54) is 0 Å². The maximum Gasteiger partial charge on any atom is 0.331 e. The third kappa shape index (κ3) is 2.36. The molecule has 1 aromatic rings. The number of alkyl halides is 5. The van der Waals surface area contributed by atoms with Gasteiger partial charge >= 0.3 is 5.92 Å². The maximum absolute atomic E-state index is 13.4. The molecule has 0 aromatic carbocycles. The Balaban J connectivity index is 3.22. The first kappa shape index (κ1) is 13.0. The van der Waals surface area contributed by atoms with Crippen LogP contribution in [0.4, 0.5) is 8.78 Å². The molecule has 0 saturated heterocycles. The fourth-order valence-corrected chi connectivity index (χ4v) is 2.50. The summed E-state index contributed by atoms with van der Waals surface area (Å²) in [7, 11) is 0. The number of hydrogen-bond donors (Lipinski definition) is 0. The Bertz CT molecular complexity index is 346. The van der Waals surface area contributed by atoms with E-state index in [-0.39, 0.29) is 4.47 Å². The third-order valence-corrected chi connectivity index (χ3v) is 3.53. The van der Waals surface area contributed by atoms with Crippen molar-refractivity contribution in [1.82, 2.24) is 4.98 Å². The van der Waals surface area contributed by atoms with Crippen LogP contribution in [0.2, 0.25) is 9.62 Å². The number of thiazole rings is 1. The van der Waals surface area contributed by atoms with Crippen LogP contribution in [0.15, 0.2) is 0 Å². The molecule has 14 heavy (non-hydrogen) atoms. The molecule has 1 aromatic heterocycles. The fourth-order valence-electron chi connectivity index (χ4n) is 0.599. The molecule has 0 unspecified atom stereocenters. The Kier molecular flexibility index (Phi) is 3.78. The Morgan fingerprint density at radius 1 is 1.14 bits per heavy atom. The highest BCUT2D eigenvalue weighted by atomic mass is 35.6. The zero-order valence-electron chi connectivity index (χ0n) is 6.00. The van der Waals surface area contributed by atoms with Gasteiger partial charge in [-0.15, -0.1) is 0 Å². The van der Waals surface area contributed by atoms with Crippen LogP contribution < -0.4 is 0 Å². The van der Waals surface area contributed by atoms with Crippen LogP contribution in [-0.4, -0.2) is 8.78 Å². The summed E-state index contributed by atoms with van der Waals surface area (Å²) in [6.45, 7) is 0. The Morgan fingerprint density at radius 3 is 1.93 bits per heavy atom. The van der Waals surface area contributed by atoms with Gasteiger partial charge in [-0.3, -0.25) is 0 Å². The monoisotopic (exact) mass is 319 g/mol. The molecular weight excluding hydrogens is 321 g/mol. The lowest BCUT2D eigenvalue weighted by molar-refractivity contribution is 0.00375. The highest BCUT2D eigenvalue weighted by Crippen LogP contribution is 2.52. The van der Waals surface area contributed by atoms with E-state index in [9.17, 15) is 8.78 Å². The Hall–Kier alpha value is 0.940. The van der Waals surface area contributed by atoms with Gasteiger partial charge in [-0.25, -0.2) is 4.98 Å². The number of aromatic nitrogens is 1. The molecular formula is C5Cl5F2NS. The molecule has 0 radical (unpaired) electrons. The van der Waals surface area contributed by atoms with Crippen LogP contribution in [-0.2, 0) is 5.92 Å². The molecule has 1 rings (SSSR count). The molecule has 0 aliphatic rings. The quantitative estimate of drug-likeness (QED) is 0.670. The van der Waals surface area contributed by atoms with E-state index < -0.39 is 19.7 Å². The molecule has 0 spiro atoms. The molecule has 0 N–H and O–H groups in total. The first-order chi connectivity index (χ1) is 6.16. The lowest BCUT2D eigenvalue weighted by Gasteiger charge is -2.22. The van der Waals surface area contributed by atoms with Crippen LogP contribution in [0.3, 0.4) is 0 Å². The van der Waals surface area contributed by atoms with Crippen molar-refractivity contribution in [3.05, 3.63) is 14.5 Å². The molecule has 0 bridgehead atoms. The molecule has 9 heteroatoms. The molecule has 80 valence electrons. The van der Waals surface area contributed by atoms with Gasteiger partial charge in [-0.1, -0.05) is 69.3 Å². The highest BCUT2D eigenvalue weighted by molar-refractivity contribution is 7.16. The molecule has 0 amide bonds. The average Bonchev–Trinajstić information content (AvgIpc) is 2.27. The molecule has 0 aliphatic carbocycles. The molecule has 1 heterocycles. The van der Waals surface area contributed by atoms with Gasteiger partial charge in [0.25, 0.3) is 3.79 Å². The molecule has 0 fully saturated rings. The van der Waals surface area contributed by atoms with Crippen LogP contribution in [0.5, 0.6) is 0 Å². The molecule has 0 atom stereocenters. The second-order valence-electron chi connectivity index (χ2n) is 2.16. The van der Waals surface area contributed by atoms with Gasteiger partial charge in [0.1, 0.15) is 4.88 Å². The highest BCUT2D eigenvalue weighted by Gasteiger charge is 2.54. The average molecular weight is 321 g/mol. The van der Waals surface area contributed by atoms with Crippen LogP contribution in [0.1, 0.15) is 4.88 Å². The Morgan fingerprint density at radius 2 is 1.64 bits per heavy atom. The van der Waals surface area contributed by atoms with Crippen LogP contribution in [0, 0.1) is 0 Å². The smallest absolute Gasteiger partial charge is 0.212 e. The van der Waals surface area contributed by atoms with Gasteiger partial charge in [-0.2, -0.15) is 8.78 Å². The largest absolute Gasteiger partial charge is 0.331 e. The SMILES string of the molecule is FC(F)(c1sc(Cl)nc1Cl)C(Cl)(Cl)Cl. The van der Waals surface area contributed by atoms with E-state index in [0.717, 1.165) is 0 Å². The van der Waals surface area contributed by atoms with Crippen molar-refractivity contribution in [3.63, 3.8) is 0 Å². The van der Waals surface area contributed by atoms with Gasteiger partial charge in [0, 0.05) is 0 Å². The normalized spacial score (nSPS) is 13.4. The summed E-state index contributed by atoms with van der Waals surface area (Å²) in [6, 6.07) is 0. The zero-order chi connectivity index (χ0) is 11.1. The summed E-state index contributed by atoms with van der Waals surface area (Å²) in [4.78, 5) is 2.72. The van der Waals surface area contributed by atoms with Gasteiger partial charge in [0.2, 0.25) is 0 Å². The van der Waals surface area contributed by atoms with Gasteiger partial charge in [0.05, 0.1) is 0 Å². The lowest BCUT2D eigenvalue weighted by atomic mass is 10.3. The number of nitrogens with zero attached hydrogens (tertiary/aromatic N) is 1. The molecule has 0 aliphatic heterocycles. The standard InChI is InChI=1S/C5Cl5F2NS/c6-2-1(14-3(7)13-2)4(11,12)5(8,9)10. The first-order valence-electron chi connectivity index (χ1n) is 2.93. The second-order valence-corrected chi connectivity index (χ2v) is 6.38. The lowest BCUT2D eigenvalue weighted by Crippen LogP contribution is -2.29. The minimum Gasteiger partial charge on any atom is -0.212 e. The predicted octanol–water partition coefficient (Wildman–Crippen LogP) is 4.91. The minimum atomic E-state index is -3.72. The predicted molar refractivity (Wildman–Crippen MR) is 56.3 cm³/mol. The van der Waals surface area contributed by atoms with E-state index in [0.29, 0.717) is 11.3 Å². The van der Waals surface area contributed by atoms with E-state index in [4.69, 9.17) is 58.0 Å². The van der Waals surface area contributed by atoms with Crippen molar-refractivity contribution >= 4 is 69.3 Å². The summed E-state index contributed by atoms with van der Waals surface area (Å²) in [5.74, 6) is -3.72. The number of halogens is 7. The van der Waals surface area contributed by atoms with Crippen molar-refractivity contribution in [2.24, 2.45) is 0 Å². The summed E-state index contributed by atoms with van der Waals surface area (Å²) < 4.78 is 23.8. The number of rotatable bonds is 1. The van der Waals surface area contributed by atoms with Gasteiger partial charge in [0.15, 0.2) is 9.62 Å². The van der Waals surface area contributed by atoms with Crippen molar-refractivity contribution in [3.8, 4) is 0 Å². The van der Waals surface area contributed by atoms with Gasteiger partial charge in [-0.05, 0) is 0 Å². The van der Waals surface area contributed by atoms with Crippen LogP contribution in [0.25, 0.3) is 0 Å². The minimum absolute atomic E-state index is 0.140. The summed E-state index contributed by atoms with van der Waals surface area (Å²) in [5.41, 5.74) is 0. The van der Waals surface area contributed by atoms with Crippen molar-refractivity contribution in [1.29, 1.82) is 0 Å². The van der Waals surface area contributed by atoms with Crippen LogP contribution >= 0.6 is 69.3 Å². The number of hydrogen-bond acceptors (Lipinski definition) is 2. The fraction of sp³-hybridized carbons (Fsp3) is 0.400. The molecule has 0 saturated carbocycles. The topological polar surface area (TPSA) is 12.9 Å². The third-order valence-electron chi connectivity index (χ3n) is 1.20. The van der Waals surface area contributed by atoms with E-state index in [1.807, 2.05) is 0 Å². The van der Waals surface area contributed by atoms with Crippen molar-refractivity contribution < 1.29 is 8.78 Å². The van der Waals surface area contributed by atoms with E-state index in [1.54, 1.807) is 0 Å². The maximum atomic E-state index is 13.4. The second kappa shape index (κ2) is 4.07. The van der Waals surface area contributed by atoms with Gasteiger partial charge < -0.3 is 0 Å². The van der Waals surface area contributed by atoms with E-state index >= 15 is 0 Å². The van der Waals surface area contributed by atoms with Crippen molar-refractivity contribution in [2.45, 2.75) is 9.72 Å². The summed E-state index contributed by atoms with van der Waals surface area (Å²) in [5, 5.41) is -0.462.